The highest BCUT2D eigenvalue weighted by Crippen LogP contribution is 2.27. The Labute approximate surface area is 131 Å². The fourth-order valence-electron chi connectivity index (χ4n) is 1.98. The van der Waals surface area contributed by atoms with Gasteiger partial charge in [0.15, 0.2) is 11.5 Å². The summed E-state index contributed by atoms with van der Waals surface area (Å²) in [6, 6.07) is 5.15. The van der Waals surface area contributed by atoms with Crippen LogP contribution in [0.25, 0.3) is 0 Å². The van der Waals surface area contributed by atoms with Gasteiger partial charge in [-0.25, -0.2) is 4.79 Å². The van der Waals surface area contributed by atoms with Crippen LogP contribution < -0.4 is 20.1 Å². The van der Waals surface area contributed by atoms with Gasteiger partial charge >= 0.3 is 6.03 Å². The molecule has 0 fully saturated rings. The van der Waals surface area contributed by atoms with Crippen molar-refractivity contribution in [3.63, 3.8) is 0 Å². The maximum absolute atomic E-state index is 11.8. The van der Waals surface area contributed by atoms with Crippen molar-refractivity contribution < 1.29 is 19.4 Å². The molecular formula is C16H26N2O4. The van der Waals surface area contributed by atoms with E-state index >= 15 is 0 Å². The Bertz CT molecular complexity index is 487. The van der Waals surface area contributed by atoms with Gasteiger partial charge in [-0.15, -0.1) is 0 Å². The molecule has 3 N–H and O–H groups in total. The van der Waals surface area contributed by atoms with Crippen molar-refractivity contribution in [2.24, 2.45) is 0 Å². The minimum atomic E-state index is -0.847. The lowest BCUT2D eigenvalue weighted by Gasteiger charge is -2.25. The number of carbonyl (C=O) groups excluding carboxylic acids is 1. The van der Waals surface area contributed by atoms with Gasteiger partial charge in [0.2, 0.25) is 0 Å². The molecule has 22 heavy (non-hydrogen) atoms. The number of amides is 2. The quantitative estimate of drug-likeness (QED) is 0.686. The van der Waals surface area contributed by atoms with E-state index in [1.54, 1.807) is 20.3 Å². The summed E-state index contributed by atoms with van der Waals surface area (Å²) in [5.41, 5.74) is 0.0507. The van der Waals surface area contributed by atoms with Gasteiger partial charge in [0.05, 0.1) is 19.8 Å². The normalized spacial score (nSPS) is 11.0. The third kappa shape index (κ3) is 5.11. The molecule has 0 heterocycles. The molecule has 1 aromatic rings. The van der Waals surface area contributed by atoms with E-state index < -0.39 is 5.60 Å². The average Bonchev–Trinajstić information content (AvgIpc) is 2.57. The highest BCUT2D eigenvalue weighted by atomic mass is 16.5. The van der Waals surface area contributed by atoms with Gasteiger partial charge in [-0.2, -0.15) is 0 Å². The monoisotopic (exact) mass is 310 g/mol. The molecular weight excluding hydrogens is 284 g/mol. The molecule has 1 aromatic carbocycles. The second-order valence-electron chi connectivity index (χ2n) is 5.16. The Morgan fingerprint density at radius 3 is 2.32 bits per heavy atom. The first-order valence-electron chi connectivity index (χ1n) is 7.43. The van der Waals surface area contributed by atoms with Crippen molar-refractivity contribution in [2.45, 2.75) is 38.8 Å². The van der Waals surface area contributed by atoms with E-state index in [1.165, 1.54) is 0 Å². The van der Waals surface area contributed by atoms with Gasteiger partial charge in [0.25, 0.3) is 0 Å². The zero-order valence-electron chi connectivity index (χ0n) is 13.7. The summed E-state index contributed by atoms with van der Waals surface area (Å²) in [5, 5.41) is 15.6. The van der Waals surface area contributed by atoms with Gasteiger partial charge < -0.3 is 25.2 Å². The summed E-state index contributed by atoms with van der Waals surface area (Å²) in [4.78, 5) is 11.8. The van der Waals surface area contributed by atoms with Crippen LogP contribution in [0, 0.1) is 0 Å². The molecule has 124 valence electrons. The van der Waals surface area contributed by atoms with Crippen LogP contribution in [0.4, 0.5) is 4.79 Å². The molecule has 1 rings (SSSR count). The molecule has 6 nitrogen and oxygen atoms in total. The third-order valence-electron chi connectivity index (χ3n) is 3.80. The van der Waals surface area contributed by atoms with Gasteiger partial charge in [0.1, 0.15) is 0 Å². The molecule has 2 amide bonds. The predicted octanol–water partition coefficient (Wildman–Crippen LogP) is 2.05. The standard InChI is InChI=1S/C16H26N2O4/c1-5-16(20,6-2)11-18-15(19)17-10-12-7-8-13(21-3)14(9-12)22-4/h7-9,20H,5-6,10-11H2,1-4H3,(H2,17,18,19). The van der Waals surface area contributed by atoms with Gasteiger partial charge in [-0.3, -0.25) is 0 Å². The van der Waals surface area contributed by atoms with Crippen molar-refractivity contribution in [1.82, 2.24) is 10.6 Å². The zero-order chi connectivity index (χ0) is 16.6. The van der Waals surface area contributed by atoms with Crippen LogP contribution in [0.15, 0.2) is 18.2 Å². The van der Waals surface area contributed by atoms with E-state index in [2.05, 4.69) is 10.6 Å². The summed E-state index contributed by atoms with van der Waals surface area (Å²) in [7, 11) is 3.14. The fourth-order valence-corrected chi connectivity index (χ4v) is 1.98. The topological polar surface area (TPSA) is 79.8 Å². The number of urea groups is 1. The summed E-state index contributed by atoms with van der Waals surface area (Å²) in [5.74, 6) is 1.26. The van der Waals surface area contributed by atoms with Crippen LogP contribution >= 0.6 is 0 Å². The molecule has 0 aliphatic heterocycles. The minimum absolute atomic E-state index is 0.234. The first-order valence-corrected chi connectivity index (χ1v) is 7.43. The second-order valence-corrected chi connectivity index (χ2v) is 5.16. The molecule has 6 heteroatoms. The smallest absolute Gasteiger partial charge is 0.315 e. The summed E-state index contributed by atoms with van der Waals surface area (Å²) >= 11 is 0. The summed E-state index contributed by atoms with van der Waals surface area (Å²) < 4.78 is 10.4. The number of rotatable bonds is 8. The first kappa shape index (κ1) is 18.1. The number of hydrogen-bond acceptors (Lipinski definition) is 4. The Hall–Kier alpha value is -1.95. The molecule has 0 saturated heterocycles. The van der Waals surface area contributed by atoms with Crippen LogP contribution in [-0.4, -0.2) is 37.5 Å². The van der Waals surface area contributed by atoms with E-state index in [-0.39, 0.29) is 12.6 Å². The Morgan fingerprint density at radius 2 is 1.77 bits per heavy atom. The molecule has 0 aliphatic carbocycles. The lowest BCUT2D eigenvalue weighted by atomic mass is 9.98. The Kier molecular flexibility index (Phi) is 6.98. The number of ether oxygens (including phenoxy) is 2. The van der Waals surface area contributed by atoms with Crippen LogP contribution in [0.2, 0.25) is 0 Å². The van der Waals surface area contributed by atoms with Crippen molar-refractivity contribution in [3.05, 3.63) is 23.8 Å². The number of methoxy groups -OCH3 is 2. The molecule has 0 aromatic heterocycles. The molecule has 0 bridgehead atoms. The van der Waals surface area contributed by atoms with Crippen molar-refractivity contribution in [1.29, 1.82) is 0 Å². The maximum atomic E-state index is 11.8. The zero-order valence-corrected chi connectivity index (χ0v) is 13.7. The molecule has 0 aliphatic rings. The molecule has 0 radical (unpaired) electrons. The van der Waals surface area contributed by atoms with Gasteiger partial charge in [-0.1, -0.05) is 19.9 Å². The molecule has 0 spiro atoms. The van der Waals surface area contributed by atoms with Crippen LogP contribution in [0.5, 0.6) is 11.5 Å². The lowest BCUT2D eigenvalue weighted by molar-refractivity contribution is 0.0349. The van der Waals surface area contributed by atoms with E-state index in [9.17, 15) is 9.90 Å². The third-order valence-corrected chi connectivity index (χ3v) is 3.80. The molecule has 0 unspecified atom stereocenters. The number of carbonyl (C=O) groups is 1. The Balaban J connectivity index is 2.51. The largest absolute Gasteiger partial charge is 0.493 e. The van der Waals surface area contributed by atoms with Gasteiger partial charge in [0, 0.05) is 13.1 Å². The van der Waals surface area contributed by atoms with Crippen molar-refractivity contribution in [2.75, 3.05) is 20.8 Å². The van der Waals surface area contributed by atoms with Crippen molar-refractivity contribution >= 4 is 6.03 Å². The number of benzene rings is 1. The van der Waals surface area contributed by atoms with E-state index in [0.717, 1.165) is 5.56 Å². The van der Waals surface area contributed by atoms with E-state index in [0.29, 0.717) is 30.9 Å². The second kappa shape index (κ2) is 8.48. The summed E-state index contributed by atoms with van der Waals surface area (Å²) in [6.45, 7) is 4.39. The van der Waals surface area contributed by atoms with Crippen LogP contribution in [-0.2, 0) is 6.54 Å². The minimum Gasteiger partial charge on any atom is -0.493 e. The highest BCUT2D eigenvalue weighted by molar-refractivity contribution is 5.73. The lowest BCUT2D eigenvalue weighted by Crippen LogP contribution is -2.45. The number of aliphatic hydroxyl groups is 1. The molecule has 0 saturated carbocycles. The maximum Gasteiger partial charge on any atom is 0.315 e. The molecule has 0 atom stereocenters. The van der Waals surface area contributed by atoms with Crippen molar-refractivity contribution in [3.8, 4) is 11.5 Å². The number of hydrogen-bond donors (Lipinski definition) is 3. The van der Waals surface area contributed by atoms with Gasteiger partial charge in [-0.05, 0) is 30.5 Å². The summed E-state index contributed by atoms with van der Waals surface area (Å²) in [6.07, 6.45) is 1.19. The SMILES string of the molecule is CCC(O)(CC)CNC(=O)NCc1ccc(OC)c(OC)c1. The van der Waals surface area contributed by atoms with E-state index in [4.69, 9.17) is 9.47 Å². The van der Waals surface area contributed by atoms with Crippen LogP contribution in [0.1, 0.15) is 32.3 Å². The fraction of sp³-hybridized carbons (Fsp3) is 0.562. The number of nitrogens with one attached hydrogen (secondary N) is 2. The van der Waals surface area contributed by atoms with E-state index in [1.807, 2.05) is 26.0 Å². The average molecular weight is 310 g/mol. The first-order chi connectivity index (χ1) is 10.5. The Morgan fingerprint density at radius 1 is 1.14 bits per heavy atom. The van der Waals surface area contributed by atoms with Crippen LogP contribution in [0.3, 0.4) is 0 Å². The highest BCUT2D eigenvalue weighted by Gasteiger charge is 2.22. The predicted molar refractivity (Wildman–Crippen MR) is 85.3 cm³/mol.